The smallest absolute Gasteiger partial charge is 0.0712 e. The van der Waals surface area contributed by atoms with E-state index >= 15 is 0 Å². The molecule has 0 radical (unpaired) electrons. The minimum Gasteiger partial charge on any atom is -0.301 e. The number of hydrogen-bond acceptors (Lipinski definition) is 1. The maximum Gasteiger partial charge on any atom is 0.0712 e. The number of rotatable bonds is 3. The van der Waals surface area contributed by atoms with E-state index in [2.05, 4.69) is 45.9 Å². The van der Waals surface area contributed by atoms with Crippen LogP contribution in [0.4, 0.5) is 0 Å². The van der Waals surface area contributed by atoms with E-state index in [0.29, 0.717) is 17.4 Å². The molecule has 0 saturated heterocycles. The summed E-state index contributed by atoms with van der Waals surface area (Å²) in [6, 6.07) is 0.878. The molecule has 1 fully saturated rings. The van der Waals surface area contributed by atoms with E-state index in [-0.39, 0.29) is 6.04 Å². The summed E-state index contributed by atoms with van der Waals surface area (Å²) < 4.78 is 0. The zero-order valence-corrected chi connectivity index (χ0v) is 12.2. The van der Waals surface area contributed by atoms with E-state index in [4.69, 9.17) is 6.42 Å². The van der Waals surface area contributed by atoms with Gasteiger partial charge in [0.15, 0.2) is 0 Å². The molecular weight excluding hydrogens is 206 g/mol. The Balaban J connectivity index is 2.40. The lowest BCUT2D eigenvalue weighted by atomic mass is 9.71. The molecule has 1 atom stereocenters. The van der Waals surface area contributed by atoms with E-state index < -0.39 is 0 Å². The molecule has 0 heterocycles. The first-order valence-electron chi connectivity index (χ1n) is 7.06. The predicted octanol–water partition coefficient (Wildman–Crippen LogP) is 3.84. The summed E-state index contributed by atoms with van der Waals surface area (Å²) in [5.41, 5.74) is 0.467. The normalized spacial score (nSPS) is 27.8. The minimum atomic E-state index is 0.242. The largest absolute Gasteiger partial charge is 0.301 e. The second-order valence-corrected chi connectivity index (χ2v) is 6.97. The summed E-state index contributed by atoms with van der Waals surface area (Å²) in [6.07, 6.45) is 10.8. The molecular formula is C16H29N. The van der Waals surface area contributed by atoms with Gasteiger partial charge in [-0.3, -0.25) is 0 Å². The Hall–Kier alpha value is -0.480. The molecule has 1 aliphatic carbocycles. The molecule has 1 unspecified atom stereocenters. The van der Waals surface area contributed by atoms with Gasteiger partial charge >= 0.3 is 0 Å². The average Bonchev–Trinajstić information content (AvgIpc) is 2.25. The molecule has 1 N–H and O–H groups in total. The SMILES string of the molecule is C#CC(NC1CCC(C(C)(C)C)CC1)C(C)C. The third-order valence-electron chi connectivity index (χ3n) is 4.21. The van der Waals surface area contributed by atoms with Crippen LogP contribution in [0.2, 0.25) is 0 Å². The number of nitrogens with one attached hydrogen (secondary N) is 1. The highest BCUT2D eigenvalue weighted by Crippen LogP contribution is 2.37. The molecule has 0 aliphatic heterocycles. The van der Waals surface area contributed by atoms with Crippen LogP contribution in [0, 0.1) is 29.6 Å². The van der Waals surface area contributed by atoms with Crippen LogP contribution in [-0.4, -0.2) is 12.1 Å². The Kier molecular flexibility index (Phi) is 5.07. The Morgan fingerprint density at radius 2 is 1.65 bits per heavy atom. The molecule has 98 valence electrons. The molecule has 1 rings (SSSR count). The highest BCUT2D eigenvalue weighted by atomic mass is 14.9. The van der Waals surface area contributed by atoms with Crippen molar-refractivity contribution in [3.8, 4) is 12.3 Å². The van der Waals surface area contributed by atoms with Crippen LogP contribution in [-0.2, 0) is 0 Å². The summed E-state index contributed by atoms with van der Waals surface area (Å²) in [5.74, 6) is 4.29. The van der Waals surface area contributed by atoms with Crippen LogP contribution in [0.3, 0.4) is 0 Å². The zero-order valence-electron chi connectivity index (χ0n) is 12.2. The second kappa shape index (κ2) is 5.91. The van der Waals surface area contributed by atoms with Crippen molar-refractivity contribution in [1.29, 1.82) is 0 Å². The van der Waals surface area contributed by atoms with Crippen LogP contribution >= 0.6 is 0 Å². The van der Waals surface area contributed by atoms with E-state index in [1.807, 2.05) is 0 Å². The molecule has 1 aliphatic rings. The van der Waals surface area contributed by atoms with Gasteiger partial charge in [-0.15, -0.1) is 6.42 Å². The molecule has 1 heteroatoms. The highest BCUT2D eigenvalue weighted by molar-refractivity contribution is 5.02. The first-order chi connectivity index (χ1) is 7.84. The topological polar surface area (TPSA) is 12.0 Å². The standard InChI is InChI=1S/C16H29N/c1-7-15(12(2)3)17-14-10-8-13(9-11-14)16(4,5)6/h1,12-15,17H,8-11H2,2-6H3. The third kappa shape index (κ3) is 4.36. The van der Waals surface area contributed by atoms with Crippen LogP contribution in [0.15, 0.2) is 0 Å². The number of terminal acetylenes is 1. The quantitative estimate of drug-likeness (QED) is 0.733. The second-order valence-electron chi connectivity index (χ2n) is 6.97. The summed E-state index contributed by atoms with van der Waals surface area (Å²) >= 11 is 0. The van der Waals surface area contributed by atoms with Crippen molar-refractivity contribution in [2.75, 3.05) is 0 Å². The fraction of sp³-hybridized carbons (Fsp3) is 0.875. The van der Waals surface area contributed by atoms with Gasteiger partial charge in [-0.25, -0.2) is 0 Å². The molecule has 0 bridgehead atoms. The molecule has 17 heavy (non-hydrogen) atoms. The summed E-state index contributed by atoms with van der Waals surface area (Å²) in [5, 5.41) is 3.64. The van der Waals surface area contributed by atoms with Gasteiger partial charge in [0.05, 0.1) is 6.04 Å². The fourth-order valence-corrected chi connectivity index (χ4v) is 2.81. The van der Waals surface area contributed by atoms with Crippen molar-refractivity contribution in [3.05, 3.63) is 0 Å². The van der Waals surface area contributed by atoms with Crippen LogP contribution in [0.5, 0.6) is 0 Å². The maximum absolute atomic E-state index is 5.57. The van der Waals surface area contributed by atoms with Crippen molar-refractivity contribution in [3.63, 3.8) is 0 Å². The summed E-state index contributed by atoms with van der Waals surface area (Å²) in [4.78, 5) is 0. The van der Waals surface area contributed by atoms with Crippen molar-refractivity contribution in [2.45, 2.75) is 72.4 Å². The molecule has 0 aromatic carbocycles. The van der Waals surface area contributed by atoms with Gasteiger partial charge in [0.25, 0.3) is 0 Å². The molecule has 0 aromatic rings. The number of hydrogen-bond donors (Lipinski definition) is 1. The van der Waals surface area contributed by atoms with Crippen molar-refractivity contribution >= 4 is 0 Å². The van der Waals surface area contributed by atoms with Gasteiger partial charge in [-0.05, 0) is 42.9 Å². The highest BCUT2D eigenvalue weighted by Gasteiger charge is 2.30. The van der Waals surface area contributed by atoms with E-state index in [1.165, 1.54) is 25.7 Å². The van der Waals surface area contributed by atoms with Crippen LogP contribution in [0.1, 0.15) is 60.3 Å². The van der Waals surface area contributed by atoms with Crippen molar-refractivity contribution < 1.29 is 0 Å². The van der Waals surface area contributed by atoms with Gasteiger partial charge in [0, 0.05) is 6.04 Å². The minimum absolute atomic E-state index is 0.242. The van der Waals surface area contributed by atoms with Crippen LogP contribution < -0.4 is 5.32 Å². The first kappa shape index (κ1) is 14.6. The van der Waals surface area contributed by atoms with Gasteiger partial charge in [-0.1, -0.05) is 40.5 Å². The fourth-order valence-electron chi connectivity index (χ4n) is 2.81. The van der Waals surface area contributed by atoms with E-state index in [1.54, 1.807) is 0 Å². The predicted molar refractivity (Wildman–Crippen MR) is 75.8 cm³/mol. The molecule has 1 nitrogen and oxygen atoms in total. The zero-order chi connectivity index (χ0) is 13.1. The monoisotopic (exact) mass is 235 g/mol. The average molecular weight is 235 g/mol. The lowest BCUT2D eigenvalue weighted by Gasteiger charge is -2.38. The molecule has 1 saturated carbocycles. The van der Waals surface area contributed by atoms with E-state index in [0.717, 1.165) is 5.92 Å². The van der Waals surface area contributed by atoms with Gasteiger partial charge in [0.2, 0.25) is 0 Å². The van der Waals surface area contributed by atoms with Crippen molar-refractivity contribution in [2.24, 2.45) is 17.3 Å². The lowest BCUT2D eigenvalue weighted by molar-refractivity contribution is 0.156. The summed E-state index contributed by atoms with van der Waals surface area (Å²) in [7, 11) is 0. The van der Waals surface area contributed by atoms with Gasteiger partial charge in [-0.2, -0.15) is 0 Å². The molecule has 0 spiro atoms. The molecule has 0 amide bonds. The Morgan fingerprint density at radius 3 is 2.00 bits per heavy atom. The van der Waals surface area contributed by atoms with Crippen molar-refractivity contribution in [1.82, 2.24) is 5.32 Å². The first-order valence-corrected chi connectivity index (χ1v) is 7.06. The summed E-state index contributed by atoms with van der Waals surface area (Å²) in [6.45, 7) is 11.5. The Morgan fingerprint density at radius 1 is 1.12 bits per heavy atom. The maximum atomic E-state index is 5.57. The molecule has 0 aromatic heterocycles. The Bertz CT molecular complexity index is 258. The van der Waals surface area contributed by atoms with Gasteiger partial charge < -0.3 is 5.32 Å². The van der Waals surface area contributed by atoms with E-state index in [9.17, 15) is 0 Å². The van der Waals surface area contributed by atoms with Crippen LogP contribution in [0.25, 0.3) is 0 Å². The third-order valence-corrected chi connectivity index (χ3v) is 4.21. The Labute approximate surface area is 108 Å². The lowest BCUT2D eigenvalue weighted by Crippen LogP contribution is -2.43. The van der Waals surface area contributed by atoms with Gasteiger partial charge in [0.1, 0.15) is 0 Å².